The Balaban J connectivity index is 1.56. The molecule has 0 amide bonds. The van der Waals surface area contributed by atoms with Gasteiger partial charge < -0.3 is 14.2 Å². The number of benzene rings is 1. The zero-order chi connectivity index (χ0) is 14.9. The third kappa shape index (κ3) is 5.76. The smallest absolute Gasteiger partial charge is 0.306 e. The Morgan fingerprint density at radius 1 is 1.33 bits per heavy atom. The van der Waals surface area contributed by atoms with Crippen LogP contribution < -0.4 is 4.74 Å². The first-order valence-electron chi connectivity index (χ1n) is 7.71. The average Bonchev–Trinajstić information content (AvgIpc) is 2.52. The Kier molecular flexibility index (Phi) is 6.54. The van der Waals surface area contributed by atoms with E-state index in [2.05, 4.69) is 0 Å². The number of esters is 1. The normalized spacial score (nSPS) is 18.2. The molecular formula is C17H24O4. The van der Waals surface area contributed by atoms with E-state index in [9.17, 15) is 4.79 Å². The Labute approximate surface area is 126 Å². The summed E-state index contributed by atoms with van der Waals surface area (Å²) >= 11 is 0. The highest BCUT2D eigenvalue weighted by molar-refractivity contribution is 5.69. The van der Waals surface area contributed by atoms with Crippen molar-refractivity contribution in [2.75, 3.05) is 19.8 Å². The summed E-state index contributed by atoms with van der Waals surface area (Å²) in [7, 11) is 0. The number of hydrogen-bond acceptors (Lipinski definition) is 4. The van der Waals surface area contributed by atoms with Crippen molar-refractivity contribution in [1.82, 2.24) is 0 Å². The number of ether oxygens (including phenoxy) is 3. The fourth-order valence-electron chi connectivity index (χ4n) is 2.31. The van der Waals surface area contributed by atoms with Gasteiger partial charge in [0.15, 0.2) is 0 Å². The lowest BCUT2D eigenvalue weighted by Gasteiger charge is -2.22. The summed E-state index contributed by atoms with van der Waals surface area (Å²) < 4.78 is 16.4. The maximum Gasteiger partial charge on any atom is 0.306 e. The molecule has 0 saturated carbocycles. The van der Waals surface area contributed by atoms with Crippen LogP contribution in [0.5, 0.6) is 5.75 Å². The van der Waals surface area contributed by atoms with E-state index in [0.29, 0.717) is 26.1 Å². The van der Waals surface area contributed by atoms with Crippen LogP contribution in [0.25, 0.3) is 0 Å². The van der Waals surface area contributed by atoms with Gasteiger partial charge in [0.25, 0.3) is 0 Å². The lowest BCUT2D eigenvalue weighted by Crippen LogP contribution is -2.26. The lowest BCUT2D eigenvalue weighted by atomic mass is 10.1. The molecule has 0 radical (unpaired) electrons. The average molecular weight is 292 g/mol. The van der Waals surface area contributed by atoms with Crippen LogP contribution in [-0.4, -0.2) is 31.9 Å². The van der Waals surface area contributed by atoms with Gasteiger partial charge in [-0.1, -0.05) is 18.2 Å². The van der Waals surface area contributed by atoms with Gasteiger partial charge in [0, 0.05) is 13.0 Å². The quantitative estimate of drug-likeness (QED) is 0.571. The van der Waals surface area contributed by atoms with E-state index in [0.717, 1.165) is 37.2 Å². The first kappa shape index (κ1) is 15.8. The van der Waals surface area contributed by atoms with Gasteiger partial charge in [-0.05, 0) is 44.2 Å². The van der Waals surface area contributed by atoms with Crippen LogP contribution in [0.3, 0.4) is 0 Å². The molecule has 1 fully saturated rings. The van der Waals surface area contributed by atoms with E-state index in [-0.39, 0.29) is 12.1 Å². The minimum Gasteiger partial charge on any atom is -0.493 e. The van der Waals surface area contributed by atoms with Gasteiger partial charge in [0.1, 0.15) is 12.4 Å². The number of carbonyl (C=O) groups is 1. The molecular weight excluding hydrogens is 268 g/mol. The van der Waals surface area contributed by atoms with Crippen molar-refractivity contribution in [3.63, 3.8) is 0 Å². The topological polar surface area (TPSA) is 44.8 Å². The number of para-hydroxylation sites is 1. The molecule has 4 nitrogen and oxygen atoms in total. The molecule has 1 aliphatic rings. The molecule has 2 rings (SSSR count). The summed E-state index contributed by atoms with van der Waals surface area (Å²) in [6.45, 7) is 3.71. The van der Waals surface area contributed by atoms with Gasteiger partial charge in [-0.15, -0.1) is 0 Å². The highest BCUT2D eigenvalue weighted by atomic mass is 16.6. The molecule has 0 spiro atoms. The summed E-state index contributed by atoms with van der Waals surface area (Å²) in [6, 6.07) is 7.87. The van der Waals surface area contributed by atoms with Crippen molar-refractivity contribution in [2.45, 2.75) is 45.1 Å². The Bertz CT molecular complexity index is 438. The minimum absolute atomic E-state index is 0.0888. The Hall–Kier alpha value is -1.55. The van der Waals surface area contributed by atoms with E-state index >= 15 is 0 Å². The SMILES string of the molecule is Cc1ccccc1OCCCC(=O)OCC1CCCCO1. The van der Waals surface area contributed by atoms with Gasteiger partial charge >= 0.3 is 5.97 Å². The van der Waals surface area contributed by atoms with Crippen LogP contribution in [0.2, 0.25) is 0 Å². The van der Waals surface area contributed by atoms with Crippen LogP contribution >= 0.6 is 0 Å². The highest BCUT2D eigenvalue weighted by Crippen LogP contribution is 2.16. The van der Waals surface area contributed by atoms with Crippen molar-refractivity contribution < 1.29 is 19.0 Å². The second-order valence-corrected chi connectivity index (χ2v) is 5.39. The number of aryl methyl sites for hydroxylation is 1. The van der Waals surface area contributed by atoms with Gasteiger partial charge in [-0.25, -0.2) is 0 Å². The van der Waals surface area contributed by atoms with Gasteiger partial charge in [0.2, 0.25) is 0 Å². The van der Waals surface area contributed by atoms with E-state index in [1.165, 1.54) is 0 Å². The van der Waals surface area contributed by atoms with E-state index in [4.69, 9.17) is 14.2 Å². The molecule has 1 atom stereocenters. The molecule has 1 aliphatic heterocycles. The van der Waals surface area contributed by atoms with Crippen molar-refractivity contribution in [3.8, 4) is 5.75 Å². The molecule has 0 N–H and O–H groups in total. The van der Waals surface area contributed by atoms with Crippen molar-refractivity contribution in [1.29, 1.82) is 0 Å². The van der Waals surface area contributed by atoms with E-state index in [1.54, 1.807) is 0 Å². The fourth-order valence-corrected chi connectivity index (χ4v) is 2.31. The van der Waals surface area contributed by atoms with Crippen LogP contribution in [0.1, 0.15) is 37.7 Å². The predicted molar refractivity (Wildman–Crippen MR) is 80.5 cm³/mol. The monoisotopic (exact) mass is 292 g/mol. The van der Waals surface area contributed by atoms with Crippen LogP contribution in [0.4, 0.5) is 0 Å². The summed E-state index contributed by atoms with van der Waals surface area (Å²) in [5.41, 5.74) is 1.11. The minimum atomic E-state index is -0.169. The molecule has 21 heavy (non-hydrogen) atoms. The van der Waals surface area contributed by atoms with E-state index < -0.39 is 0 Å². The molecule has 1 heterocycles. The van der Waals surface area contributed by atoms with Crippen LogP contribution in [0, 0.1) is 6.92 Å². The number of carbonyl (C=O) groups excluding carboxylic acids is 1. The second-order valence-electron chi connectivity index (χ2n) is 5.39. The first-order chi connectivity index (χ1) is 10.3. The van der Waals surface area contributed by atoms with Gasteiger partial charge in [-0.2, -0.15) is 0 Å². The molecule has 0 aromatic heterocycles. The molecule has 116 valence electrons. The van der Waals surface area contributed by atoms with Gasteiger partial charge in [-0.3, -0.25) is 4.79 Å². The van der Waals surface area contributed by atoms with Crippen molar-refractivity contribution in [3.05, 3.63) is 29.8 Å². The molecule has 4 heteroatoms. The molecule has 1 unspecified atom stereocenters. The standard InChI is InChI=1S/C17H24O4/c1-14-7-2-3-9-16(14)20-12-6-10-17(18)21-13-15-8-4-5-11-19-15/h2-3,7,9,15H,4-6,8,10-13H2,1H3. The zero-order valence-electron chi connectivity index (χ0n) is 12.7. The third-order valence-electron chi connectivity index (χ3n) is 3.58. The predicted octanol–water partition coefficient (Wildman–Crippen LogP) is 3.27. The van der Waals surface area contributed by atoms with E-state index in [1.807, 2.05) is 31.2 Å². The number of rotatable bonds is 7. The molecule has 0 bridgehead atoms. The highest BCUT2D eigenvalue weighted by Gasteiger charge is 2.15. The zero-order valence-corrected chi connectivity index (χ0v) is 12.7. The second kappa shape index (κ2) is 8.67. The van der Waals surface area contributed by atoms with Crippen molar-refractivity contribution >= 4 is 5.97 Å². The number of hydrogen-bond donors (Lipinski definition) is 0. The summed E-state index contributed by atoms with van der Waals surface area (Å²) in [5.74, 6) is 0.707. The Morgan fingerprint density at radius 2 is 2.19 bits per heavy atom. The van der Waals surface area contributed by atoms with Crippen LogP contribution in [0.15, 0.2) is 24.3 Å². The fraction of sp³-hybridized carbons (Fsp3) is 0.588. The lowest BCUT2D eigenvalue weighted by molar-refractivity contribution is -0.149. The summed E-state index contributed by atoms with van der Waals surface area (Å²) in [4.78, 5) is 11.6. The summed E-state index contributed by atoms with van der Waals surface area (Å²) in [6.07, 6.45) is 4.40. The maximum absolute atomic E-state index is 11.6. The third-order valence-corrected chi connectivity index (χ3v) is 3.58. The molecule has 1 aromatic rings. The van der Waals surface area contributed by atoms with Gasteiger partial charge in [0.05, 0.1) is 12.7 Å². The van der Waals surface area contributed by atoms with Crippen LogP contribution in [-0.2, 0) is 14.3 Å². The molecule has 0 aliphatic carbocycles. The Morgan fingerprint density at radius 3 is 2.95 bits per heavy atom. The largest absolute Gasteiger partial charge is 0.493 e. The molecule has 1 aromatic carbocycles. The summed E-state index contributed by atoms with van der Waals surface area (Å²) in [5, 5.41) is 0. The molecule has 1 saturated heterocycles. The maximum atomic E-state index is 11.6. The first-order valence-corrected chi connectivity index (χ1v) is 7.71. The van der Waals surface area contributed by atoms with Crippen molar-refractivity contribution in [2.24, 2.45) is 0 Å².